The Labute approximate surface area is 145 Å². The van der Waals surface area contributed by atoms with Gasteiger partial charge in [-0.1, -0.05) is 0 Å². The molecule has 0 atom stereocenters. The fourth-order valence-electron chi connectivity index (χ4n) is 3.05. The summed E-state index contributed by atoms with van der Waals surface area (Å²) >= 11 is 0. The molecule has 2 aromatic heterocycles. The van der Waals surface area contributed by atoms with Gasteiger partial charge in [0, 0.05) is 18.7 Å². The second-order valence-corrected chi connectivity index (χ2v) is 5.83. The lowest BCUT2D eigenvalue weighted by atomic mass is 10.1. The molecular formula is C16H13F3N4O3. The number of benzene rings is 1. The number of hydrogen-bond acceptors (Lipinski definition) is 5. The standard InChI is InChI=1S/C16H13F3N4O3/c1-25-11-6-9(7-12-10(11)2-5-26-12)14(24)22-3-4-23-13(8-22)20-21-15(23)16(17,18)19/h2,5-7H,3-4,8H2,1H3. The normalized spacial score (nSPS) is 14.5. The molecule has 0 fully saturated rings. The van der Waals surface area contributed by atoms with Crippen molar-refractivity contribution in [2.24, 2.45) is 0 Å². The molecule has 1 aliphatic heterocycles. The Morgan fingerprint density at radius 3 is 2.81 bits per heavy atom. The number of amides is 1. The molecule has 136 valence electrons. The minimum atomic E-state index is -4.57. The maximum Gasteiger partial charge on any atom is 0.451 e. The fraction of sp³-hybridized carbons (Fsp3) is 0.312. The molecule has 0 bridgehead atoms. The van der Waals surface area contributed by atoms with E-state index in [1.54, 1.807) is 18.2 Å². The van der Waals surface area contributed by atoms with Crippen LogP contribution in [0.25, 0.3) is 11.0 Å². The molecule has 3 aromatic rings. The van der Waals surface area contributed by atoms with Crippen molar-refractivity contribution in [2.45, 2.75) is 19.3 Å². The Bertz CT molecular complexity index is 992. The quantitative estimate of drug-likeness (QED) is 0.697. The minimum absolute atomic E-state index is 0.0248. The number of alkyl halides is 3. The first-order valence-corrected chi connectivity index (χ1v) is 7.72. The maximum absolute atomic E-state index is 12.9. The second kappa shape index (κ2) is 5.75. The van der Waals surface area contributed by atoms with Gasteiger partial charge in [-0.15, -0.1) is 10.2 Å². The molecule has 10 heteroatoms. The molecule has 1 amide bonds. The molecule has 0 unspecified atom stereocenters. The predicted molar refractivity (Wildman–Crippen MR) is 82.5 cm³/mol. The van der Waals surface area contributed by atoms with Crippen LogP contribution in [0.3, 0.4) is 0 Å². The van der Waals surface area contributed by atoms with Crippen LogP contribution in [0.4, 0.5) is 13.2 Å². The number of nitrogens with zero attached hydrogens (tertiary/aromatic N) is 4. The number of halogens is 3. The Hall–Kier alpha value is -3.04. The molecule has 26 heavy (non-hydrogen) atoms. The number of fused-ring (bicyclic) bond motifs is 2. The summed E-state index contributed by atoms with van der Waals surface area (Å²) < 4.78 is 50.3. The van der Waals surface area contributed by atoms with Crippen LogP contribution in [0, 0.1) is 0 Å². The Kier molecular flexibility index (Phi) is 3.63. The number of ether oxygens (including phenoxy) is 1. The van der Waals surface area contributed by atoms with Gasteiger partial charge in [0.2, 0.25) is 5.82 Å². The zero-order chi connectivity index (χ0) is 18.5. The van der Waals surface area contributed by atoms with Crippen molar-refractivity contribution < 1.29 is 27.1 Å². The summed E-state index contributed by atoms with van der Waals surface area (Å²) in [6, 6.07) is 4.89. The number of rotatable bonds is 2. The van der Waals surface area contributed by atoms with E-state index in [1.807, 2.05) is 0 Å². The van der Waals surface area contributed by atoms with Crippen LogP contribution < -0.4 is 4.74 Å². The number of methoxy groups -OCH3 is 1. The first-order chi connectivity index (χ1) is 12.4. The van der Waals surface area contributed by atoms with E-state index < -0.39 is 12.0 Å². The van der Waals surface area contributed by atoms with E-state index in [2.05, 4.69) is 10.2 Å². The van der Waals surface area contributed by atoms with E-state index >= 15 is 0 Å². The molecule has 0 spiro atoms. The highest BCUT2D eigenvalue weighted by Crippen LogP contribution is 2.31. The van der Waals surface area contributed by atoms with Gasteiger partial charge >= 0.3 is 6.18 Å². The highest BCUT2D eigenvalue weighted by molar-refractivity contribution is 5.99. The van der Waals surface area contributed by atoms with Crippen LogP contribution in [-0.4, -0.2) is 39.2 Å². The average molecular weight is 366 g/mol. The number of hydrogen-bond donors (Lipinski definition) is 0. The number of furan rings is 1. The largest absolute Gasteiger partial charge is 0.496 e. The molecule has 0 saturated heterocycles. The summed E-state index contributed by atoms with van der Waals surface area (Å²) in [4.78, 5) is 14.2. The van der Waals surface area contributed by atoms with Gasteiger partial charge in [0.25, 0.3) is 5.91 Å². The smallest absolute Gasteiger partial charge is 0.451 e. The first kappa shape index (κ1) is 16.4. The summed E-state index contributed by atoms with van der Waals surface area (Å²) in [6.07, 6.45) is -3.08. The molecule has 0 N–H and O–H groups in total. The molecule has 1 aromatic carbocycles. The van der Waals surface area contributed by atoms with Crippen molar-refractivity contribution in [3.05, 3.63) is 41.7 Å². The third kappa shape index (κ3) is 2.57. The zero-order valence-electron chi connectivity index (χ0n) is 13.6. The van der Waals surface area contributed by atoms with Crippen molar-refractivity contribution in [3.8, 4) is 5.75 Å². The molecule has 3 heterocycles. The summed E-state index contributed by atoms with van der Waals surface area (Å²) in [7, 11) is 1.48. The van der Waals surface area contributed by atoms with Gasteiger partial charge in [0.1, 0.15) is 11.3 Å². The number of aromatic nitrogens is 3. The lowest BCUT2D eigenvalue weighted by Gasteiger charge is -2.28. The summed E-state index contributed by atoms with van der Waals surface area (Å²) in [5.41, 5.74) is 0.820. The number of carbonyl (C=O) groups is 1. The lowest BCUT2D eigenvalue weighted by Crippen LogP contribution is -2.39. The van der Waals surface area contributed by atoms with Gasteiger partial charge in [-0.2, -0.15) is 13.2 Å². The highest BCUT2D eigenvalue weighted by Gasteiger charge is 2.40. The van der Waals surface area contributed by atoms with E-state index in [4.69, 9.17) is 9.15 Å². The van der Waals surface area contributed by atoms with Gasteiger partial charge in [-0.05, 0) is 18.2 Å². The SMILES string of the molecule is COc1cc(C(=O)N2CCn3c(nnc3C(F)(F)F)C2)cc2occc12. The summed E-state index contributed by atoms with van der Waals surface area (Å²) in [6.45, 7) is 0.0366. The predicted octanol–water partition coefficient (Wildman–Crippen LogP) is 2.71. The lowest BCUT2D eigenvalue weighted by molar-refractivity contribution is -0.147. The molecule has 0 aliphatic carbocycles. The summed E-state index contributed by atoms with van der Waals surface area (Å²) in [5, 5.41) is 7.53. The molecule has 4 rings (SSSR count). The minimum Gasteiger partial charge on any atom is -0.496 e. The average Bonchev–Trinajstić information content (AvgIpc) is 3.25. The van der Waals surface area contributed by atoms with Crippen molar-refractivity contribution in [1.82, 2.24) is 19.7 Å². The molecule has 1 aliphatic rings. The summed E-state index contributed by atoms with van der Waals surface area (Å²) in [5.74, 6) is -0.801. The van der Waals surface area contributed by atoms with Crippen molar-refractivity contribution >= 4 is 16.9 Å². The van der Waals surface area contributed by atoms with Crippen LogP contribution in [0.15, 0.2) is 28.9 Å². The number of carbonyl (C=O) groups excluding carboxylic acids is 1. The van der Waals surface area contributed by atoms with Gasteiger partial charge in [0.15, 0.2) is 5.82 Å². The van der Waals surface area contributed by atoms with E-state index in [-0.39, 0.29) is 31.4 Å². The van der Waals surface area contributed by atoms with Crippen molar-refractivity contribution in [3.63, 3.8) is 0 Å². The third-order valence-corrected chi connectivity index (χ3v) is 4.29. The monoisotopic (exact) mass is 366 g/mol. The topological polar surface area (TPSA) is 73.4 Å². The highest BCUT2D eigenvalue weighted by atomic mass is 19.4. The van der Waals surface area contributed by atoms with Crippen molar-refractivity contribution in [2.75, 3.05) is 13.7 Å². The van der Waals surface area contributed by atoms with E-state index in [0.29, 0.717) is 16.9 Å². The van der Waals surface area contributed by atoms with Crippen molar-refractivity contribution in [1.29, 1.82) is 0 Å². The van der Waals surface area contributed by atoms with Crippen LogP contribution in [-0.2, 0) is 19.3 Å². The van der Waals surface area contributed by atoms with Gasteiger partial charge in [0.05, 0.1) is 25.3 Å². The molecule has 0 saturated carbocycles. The Morgan fingerprint density at radius 2 is 2.08 bits per heavy atom. The van der Waals surface area contributed by atoms with Crippen LogP contribution in [0.2, 0.25) is 0 Å². The van der Waals surface area contributed by atoms with E-state index in [1.165, 1.54) is 18.3 Å². The van der Waals surface area contributed by atoms with Gasteiger partial charge in [-0.25, -0.2) is 0 Å². The maximum atomic E-state index is 12.9. The second-order valence-electron chi connectivity index (χ2n) is 5.83. The Balaban J connectivity index is 1.63. The fourth-order valence-corrected chi connectivity index (χ4v) is 3.05. The van der Waals surface area contributed by atoms with E-state index in [0.717, 1.165) is 9.95 Å². The van der Waals surface area contributed by atoms with E-state index in [9.17, 15) is 18.0 Å². The zero-order valence-corrected chi connectivity index (χ0v) is 13.6. The van der Waals surface area contributed by atoms with Crippen LogP contribution in [0.5, 0.6) is 5.75 Å². The third-order valence-electron chi connectivity index (χ3n) is 4.29. The first-order valence-electron chi connectivity index (χ1n) is 7.72. The van der Waals surface area contributed by atoms with Gasteiger partial charge < -0.3 is 18.6 Å². The van der Waals surface area contributed by atoms with Gasteiger partial charge in [-0.3, -0.25) is 4.79 Å². The van der Waals surface area contributed by atoms with Crippen LogP contribution >= 0.6 is 0 Å². The van der Waals surface area contributed by atoms with Crippen LogP contribution in [0.1, 0.15) is 22.0 Å². The molecular weight excluding hydrogens is 353 g/mol. The molecule has 0 radical (unpaired) electrons. The molecule has 7 nitrogen and oxygen atoms in total. The Morgan fingerprint density at radius 1 is 1.27 bits per heavy atom.